The first-order chi connectivity index (χ1) is 14.1. The molecule has 0 aromatic heterocycles. The molecule has 0 bridgehead atoms. The van der Waals surface area contributed by atoms with Gasteiger partial charge in [-0.2, -0.15) is 0 Å². The van der Waals surface area contributed by atoms with Crippen LogP contribution in [0.25, 0.3) is 6.08 Å². The summed E-state index contributed by atoms with van der Waals surface area (Å²) in [6.07, 6.45) is 4.55. The van der Waals surface area contributed by atoms with Crippen LogP contribution in [0, 0.1) is 0 Å². The highest BCUT2D eigenvalue weighted by molar-refractivity contribution is 6.31. The van der Waals surface area contributed by atoms with Crippen LogP contribution in [0.1, 0.15) is 12.0 Å². The van der Waals surface area contributed by atoms with Gasteiger partial charge in [0.05, 0.1) is 18.2 Å². The average Bonchev–Trinajstić information content (AvgIpc) is 3.03. The lowest BCUT2D eigenvalue weighted by atomic mass is 10.1. The number of anilines is 1. The molecule has 2 amide bonds. The van der Waals surface area contributed by atoms with Crippen molar-refractivity contribution in [2.45, 2.75) is 12.5 Å². The smallest absolute Gasteiger partial charge is 0.251 e. The molecular weight excluding hydrogens is 386 g/mol. The Morgan fingerprint density at radius 3 is 2.45 bits per heavy atom. The van der Waals surface area contributed by atoms with Gasteiger partial charge in [-0.15, -0.1) is 0 Å². The number of benzene rings is 2. The van der Waals surface area contributed by atoms with Gasteiger partial charge in [-0.3, -0.25) is 19.4 Å². The zero-order valence-corrected chi connectivity index (χ0v) is 17.0. The predicted octanol–water partition coefficient (Wildman–Crippen LogP) is 3.30. The van der Waals surface area contributed by atoms with Crippen molar-refractivity contribution in [3.63, 3.8) is 0 Å². The second-order valence-electron chi connectivity index (χ2n) is 7.42. The number of halogens is 1. The second-order valence-corrected chi connectivity index (χ2v) is 7.85. The molecule has 2 fully saturated rings. The van der Waals surface area contributed by atoms with Gasteiger partial charge in [0.1, 0.15) is 0 Å². The van der Waals surface area contributed by atoms with Gasteiger partial charge in [0.25, 0.3) is 5.91 Å². The summed E-state index contributed by atoms with van der Waals surface area (Å²) in [6, 6.07) is 16.8. The van der Waals surface area contributed by atoms with Crippen molar-refractivity contribution in [1.82, 2.24) is 9.80 Å². The van der Waals surface area contributed by atoms with Crippen LogP contribution in [-0.4, -0.2) is 60.4 Å². The molecule has 2 aliphatic heterocycles. The third-order valence-corrected chi connectivity index (χ3v) is 5.75. The zero-order valence-electron chi connectivity index (χ0n) is 16.2. The van der Waals surface area contributed by atoms with Gasteiger partial charge in [-0.05, 0) is 23.8 Å². The molecule has 0 unspecified atom stereocenters. The molecule has 2 aromatic carbocycles. The fourth-order valence-corrected chi connectivity index (χ4v) is 4.13. The predicted molar refractivity (Wildman–Crippen MR) is 116 cm³/mol. The highest BCUT2D eigenvalue weighted by Gasteiger charge is 2.43. The van der Waals surface area contributed by atoms with E-state index in [1.54, 1.807) is 24.3 Å². The van der Waals surface area contributed by atoms with E-state index in [-0.39, 0.29) is 24.3 Å². The molecule has 0 saturated carbocycles. The molecule has 2 aliphatic rings. The summed E-state index contributed by atoms with van der Waals surface area (Å²) in [6.45, 7) is 4.22. The molecule has 29 heavy (non-hydrogen) atoms. The molecule has 4 rings (SSSR count). The molecule has 5 nitrogen and oxygen atoms in total. The van der Waals surface area contributed by atoms with Gasteiger partial charge >= 0.3 is 0 Å². The Bertz CT molecular complexity index is 907. The van der Waals surface area contributed by atoms with E-state index in [0.29, 0.717) is 10.7 Å². The van der Waals surface area contributed by atoms with Crippen molar-refractivity contribution in [3.05, 3.63) is 71.3 Å². The first-order valence-corrected chi connectivity index (χ1v) is 10.3. The van der Waals surface area contributed by atoms with E-state index in [1.165, 1.54) is 10.5 Å². The minimum Gasteiger partial charge on any atom is -0.297 e. The summed E-state index contributed by atoms with van der Waals surface area (Å²) in [5.74, 6) is -0.301. The number of carbonyl (C=O) groups excluding carboxylic acids is 2. The Hall–Kier alpha value is -2.47. The Labute approximate surface area is 176 Å². The molecule has 0 aliphatic carbocycles. The molecule has 150 valence electrons. The Morgan fingerprint density at radius 2 is 1.72 bits per heavy atom. The largest absolute Gasteiger partial charge is 0.297 e. The summed E-state index contributed by atoms with van der Waals surface area (Å²) in [5, 5.41) is 0.517. The van der Waals surface area contributed by atoms with E-state index in [0.717, 1.165) is 32.7 Å². The standard InChI is InChI=1S/C23H24ClN3O2/c24-19-9-4-10-20(16-19)27-22(28)17-21(23(27)29)26-14-12-25(13-15-26)11-5-8-18-6-2-1-3-7-18/h1-10,16,21H,11-15,17H2/b8-5-/t21-/m1/s1. The fourth-order valence-electron chi connectivity index (χ4n) is 3.95. The third kappa shape index (κ3) is 4.58. The van der Waals surface area contributed by atoms with Crippen LogP contribution in [0.2, 0.25) is 5.02 Å². The maximum atomic E-state index is 12.9. The molecule has 0 N–H and O–H groups in total. The van der Waals surface area contributed by atoms with Gasteiger partial charge in [-0.25, -0.2) is 4.90 Å². The van der Waals surface area contributed by atoms with Gasteiger partial charge in [0.2, 0.25) is 5.91 Å². The molecule has 2 saturated heterocycles. The van der Waals surface area contributed by atoms with Crippen molar-refractivity contribution in [1.29, 1.82) is 0 Å². The van der Waals surface area contributed by atoms with Crippen molar-refractivity contribution >= 4 is 35.2 Å². The van der Waals surface area contributed by atoms with Crippen molar-refractivity contribution < 1.29 is 9.59 Å². The molecule has 1 atom stereocenters. The third-order valence-electron chi connectivity index (χ3n) is 5.51. The van der Waals surface area contributed by atoms with Crippen LogP contribution in [0.3, 0.4) is 0 Å². The SMILES string of the molecule is O=C1C[C@@H](N2CCN(C/C=C\c3ccccc3)CC2)C(=O)N1c1cccc(Cl)c1. The van der Waals surface area contributed by atoms with Crippen molar-refractivity contribution in [2.24, 2.45) is 0 Å². The van der Waals surface area contributed by atoms with Crippen LogP contribution in [0.15, 0.2) is 60.7 Å². The maximum absolute atomic E-state index is 12.9. The van der Waals surface area contributed by atoms with E-state index < -0.39 is 0 Å². The van der Waals surface area contributed by atoms with Crippen molar-refractivity contribution in [2.75, 3.05) is 37.6 Å². The summed E-state index contributed by atoms with van der Waals surface area (Å²) >= 11 is 6.03. The molecular formula is C23H24ClN3O2. The maximum Gasteiger partial charge on any atom is 0.251 e. The van der Waals surface area contributed by atoms with Crippen LogP contribution in [-0.2, 0) is 9.59 Å². The Balaban J connectivity index is 1.32. The van der Waals surface area contributed by atoms with Crippen LogP contribution >= 0.6 is 11.6 Å². The Kier molecular flexibility index (Phi) is 6.09. The summed E-state index contributed by atoms with van der Waals surface area (Å²) < 4.78 is 0. The molecule has 0 spiro atoms. The lowest BCUT2D eigenvalue weighted by Gasteiger charge is -2.36. The van der Waals surface area contributed by atoms with Crippen LogP contribution in [0.4, 0.5) is 5.69 Å². The summed E-state index contributed by atoms with van der Waals surface area (Å²) in [4.78, 5) is 31.2. The normalized spacial score (nSPS) is 21.4. The number of hydrogen-bond acceptors (Lipinski definition) is 4. The zero-order chi connectivity index (χ0) is 20.2. The van der Waals surface area contributed by atoms with Gasteiger partial charge in [-0.1, -0.05) is 60.2 Å². The van der Waals surface area contributed by atoms with E-state index in [9.17, 15) is 9.59 Å². The van der Waals surface area contributed by atoms with E-state index in [4.69, 9.17) is 11.6 Å². The molecule has 2 aromatic rings. The van der Waals surface area contributed by atoms with E-state index in [1.807, 2.05) is 18.2 Å². The Morgan fingerprint density at radius 1 is 0.966 bits per heavy atom. The minimum atomic E-state index is -0.372. The van der Waals surface area contributed by atoms with Crippen molar-refractivity contribution in [3.8, 4) is 0 Å². The van der Waals surface area contributed by atoms with Gasteiger partial charge < -0.3 is 0 Å². The second kappa shape index (κ2) is 8.91. The number of amides is 2. The monoisotopic (exact) mass is 409 g/mol. The van der Waals surface area contributed by atoms with Crippen LogP contribution < -0.4 is 4.90 Å². The van der Waals surface area contributed by atoms with Gasteiger partial charge in [0.15, 0.2) is 0 Å². The topological polar surface area (TPSA) is 43.9 Å². The van der Waals surface area contributed by atoms with Gasteiger partial charge in [0, 0.05) is 37.7 Å². The number of carbonyl (C=O) groups is 2. The first-order valence-electron chi connectivity index (χ1n) is 9.92. The molecule has 2 heterocycles. The quantitative estimate of drug-likeness (QED) is 0.711. The van der Waals surface area contributed by atoms with Crippen LogP contribution in [0.5, 0.6) is 0 Å². The lowest BCUT2D eigenvalue weighted by Crippen LogP contribution is -2.52. The summed E-state index contributed by atoms with van der Waals surface area (Å²) in [5.41, 5.74) is 1.75. The highest BCUT2D eigenvalue weighted by atomic mass is 35.5. The highest BCUT2D eigenvalue weighted by Crippen LogP contribution is 2.28. The lowest BCUT2D eigenvalue weighted by molar-refractivity contribution is -0.123. The number of piperazine rings is 1. The molecule has 6 heteroatoms. The van der Waals surface area contributed by atoms with E-state index in [2.05, 4.69) is 34.1 Å². The average molecular weight is 410 g/mol. The minimum absolute atomic E-state index is 0.144. The number of imide groups is 1. The number of rotatable bonds is 5. The first kappa shape index (κ1) is 19.8. The van der Waals surface area contributed by atoms with E-state index >= 15 is 0 Å². The summed E-state index contributed by atoms with van der Waals surface area (Å²) in [7, 11) is 0. The number of nitrogens with zero attached hydrogens (tertiary/aromatic N) is 3. The number of hydrogen-bond donors (Lipinski definition) is 0. The fraction of sp³-hybridized carbons (Fsp3) is 0.304. The molecule has 0 radical (unpaired) electrons.